The van der Waals surface area contributed by atoms with Crippen molar-refractivity contribution in [2.45, 2.75) is 13.0 Å². The number of aliphatic hydroxyl groups excluding tert-OH is 2. The van der Waals surface area contributed by atoms with E-state index in [1.807, 2.05) is 31.2 Å². The van der Waals surface area contributed by atoms with Crippen LogP contribution in [0.3, 0.4) is 0 Å². The molecule has 1 saturated heterocycles. The molecule has 140 valence electrons. The molecule has 0 aromatic heterocycles. The summed E-state index contributed by atoms with van der Waals surface area (Å²) < 4.78 is 5.11. The summed E-state index contributed by atoms with van der Waals surface area (Å²) in [6.45, 7) is 1.66. The number of methoxy groups -OCH3 is 1. The van der Waals surface area contributed by atoms with E-state index in [-0.39, 0.29) is 24.5 Å². The molecule has 0 bridgehead atoms. The lowest BCUT2D eigenvalue weighted by Crippen LogP contribution is -2.32. The molecular formula is C21H21NO5. The van der Waals surface area contributed by atoms with E-state index in [0.29, 0.717) is 16.9 Å². The van der Waals surface area contributed by atoms with Crippen LogP contribution in [-0.4, -0.2) is 47.1 Å². The number of hydrogen-bond acceptors (Lipinski definition) is 5. The number of β-amino-alcohol motifs (C(OH)–C–C–N with tert-alkyl or cyclic N) is 1. The largest absolute Gasteiger partial charge is 0.507 e. The van der Waals surface area contributed by atoms with E-state index in [1.54, 1.807) is 24.3 Å². The van der Waals surface area contributed by atoms with E-state index in [4.69, 9.17) is 4.74 Å². The van der Waals surface area contributed by atoms with Gasteiger partial charge in [-0.1, -0.05) is 29.8 Å². The van der Waals surface area contributed by atoms with E-state index >= 15 is 0 Å². The maximum Gasteiger partial charge on any atom is 0.295 e. The third-order valence-electron chi connectivity index (χ3n) is 4.64. The van der Waals surface area contributed by atoms with E-state index in [9.17, 15) is 19.8 Å². The highest BCUT2D eigenvalue weighted by Gasteiger charge is 2.45. The molecule has 0 aliphatic carbocycles. The van der Waals surface area contributed by atoms with Crippen LogP contribution in [0.5, 0.6) is 5.75 Å². The van der Waals surface area contributed by atoms with Crippen molar-refractivity contribution in [1.82, 2.24) is 4.90 Å². The molecule has 0 saturated carbocycles. The number of amides is 1. The van der Waals surface area contributed by atoms with Gasteiger partial charge in [-0.2, -0.15) is 0 Å². The Kier molecular flexibility index (Phi) is 5.28. The Morgan fingerprint density at radius 2 is 1.70 bits per heavy atom. The van der Waals surface area contributed by atoms with Crippen LogP contribution in [0.1, 0.15) is 22.7 Å². The molecule has 3 rings (SSSR count). The Bertz CT molecular complexity index is 884. The summed E-state index contributed by atoms with van der Waals surface area (Å²) in [5, 5.41) is 20.2. The minimum absolute atomic E-state index is 0.00249. The molecular weight excluding hydrogens is 346 g/mol. The second kappa shape index (κ2) is 7.63. The molecule has 2 N–H and O–H groups in total. The third kappa shape index (κ3) is 3.44. The summed E-state index contributed by atoms with van der Waals surface area (Å²) in [7, 11) is 1.53. The number of ether oxygens (including phenoxy) is 1. The van der Waals surface area contributed by atoms with Crippen LogP contribution < -0.4 is 4.74 Å². The Morgan fingerprint density at radius 3 is 2.26 bits per heavy atom. The van der Waals surface area contributed by atoms with Crippen LogP contribution in [0.15, 0.2) is 54.1 Å². The molecule has 6 heteroatoms. The van der Waals surface area contributed by atoms with Crippen molar-refractivity contribution < 1.29 is 24.5 Å². The molecule has 1 atom stereocenters. The number of hydrogen-bond donors (Lipinski definition) is 2. The number of aryl methyl sites for hydroxylation is 1. The first-order chi connectivity index (χ1) is 13.0. The number of rotatable bonds is 5. The Balaban J connectivity index is 2.14. The van der Waals surface area contributed by atoms with Gasteiger partial charge in [0.15, 0.2) is 0 Å². The van der Waals surface area contributed by atoms with Crippen LogP contribution in [0.2, 0.25) is 0 Å². The molecule has 1 amide bonds. The Labute approximate surface area is 157 Å². The van der Waals surface area contributed by atoms with Crippen LogP contribution in [0.25, 0.3) is 5.76 Å². The fourth-order valence-electron chi connectivity index (χ4n) is 3.22. The summed E-state index contributed by atoms with van der Waals surface area (Å²) in [6, 6.07) is 13.2. The summed E-state index contributed by atoms with van der Waals surface area (Å²) in [5.41, 5.74) is 2.16. The molecule has 2 aromatic carbocycles. The van der Waals surface area contributed by atoms with Crippen molar-refractivity contribution >= 4 is 17.4 Å². The van der Waals surface area contributed by atoms with E-state index < -0.39 is 17.7 Å². The van der Waals surface area contributed by atoms with Gasteiger partial charge in [0.25, 0.3) is 11.7 Å². The van der Waals surface area contributed by atoms with E-state index in [2.05, 4.69) is 0 Å². The molecule has 1 heterocycles. The number of likely N-dealkylation sites (tertiary alicyclic amines) is 1. The monoisotopic (exact) mass is 367 g/mol. The molecule has 1 unspecified atom stereocenters. The highest BCUT2D eigenvalue weighted by Crippen LogP contribution is 2.39. The minimum Gasteiger partial charge on any atom is -0.507 e. The summed E-state index contributed by atoms with van der Waals surface area (Å²) >= 11 is 0. The zero-order valence-corrected chi connectivity index (χ0v) is 15.2. The van der Waals surface area contributed by atoms with Crippen molar-refractivity contribution in [2.75, 3.05) is 20.3 Å². The summed E-state index contributed by atoms with van der Waals surface area (Å²) in [6.07, 6.45) is 0. The first-order valence-corrected chi connectivity index (χ1v) is 8.58. The van der Waals surface area contributed by atoms with E-state index in [1.165, 1.54) is 12.0 Å². The minimum atomic E-state index is -0.762. The van der Waals surface area contributed by atoms with Gasteiger partial charge in [-0.25, -0.2) is 0 Å². The molecule has 2 aromatic rings. The fourth-order valence-corrected chi connectivity index (χ4v) is 3.22. The van der Waals surface area contributed by atoms with Crippen LogP contribution in [0, 0.1) is 6.92 Å². The predicted octanol–water partition coefficient (Wildman–Crippen LogP) is 2.42. The van der Waals surface area contributed by atoms with Gasteiger partial charge in [-0.05, 0) is 36.8 Å². The van der Waals surface area contributed by atoms with E-state index in [0.717, 1.165) is 5.56 Å². The third-order valence-corrected chi connectivity index (χ3v) is 4.64. The van der Waals surface area contributed by atoms with Gasteiger partial charge in [0.05, 0.1) is 25.3 Å². The SMILES string of the molecule is COc1ccc(C(O)=C2C(=O)C(=O)N(CCO)C2c2ccc(C)cc2)cc1. The Hall–Kier alpha value is -3.12. The lowest BCUT2D eigenvalue weighted by molar-refractivity contribution is -0.140. The van der Waals surface area contributed by atoms with Gasteiger partial charge in [0, 0.05) is 12.1 Å². The van der Waals surface area contributed by atoms with Gasteiger partial charge < -0.3 is 19.8 Å². The van der Waals surface area contributed by atoms with Gasteiger partial charge in [-0.15, -0.1) is 0 Å². The van der Waals surface area contributed by atoms with Crippen molar-refractivity contribution in [3.8, 4) is 5.75 Å². The second-order valence-corrected chi connectivity index (χ2v) is 6.36. The Morgan fingerprint density at radius 1 is 1.07 bits per heavy atom. The summed E-state index contributed by atoms with van der Waals surface area (Å²) in [4.78, 5) is 26.4. The number of benzene rings is 2. The average molecular weight is 367 g/mol. The normalized spacial score (nSPS) is 18.8. The second-order valence-electron chi connectivity index (χ2n) is 6.36. The highest BCUT2D eigenvalue weighted by molar-refractivity contribution is 6.46. The van der Waals surface area contributed by atoms with Gasteiger partial charge in [0.1, 0.15) is 11.5 Å². The quantitative estimate of drug-likeness (QED) is 0.481. The van der Waals surface area contributed by atoms with Crippen molar-refractivity contribution in [1.29, 1.82) is 0 Å². The van der Waals surface area contributed by atoms with Crippen LogP contribution in [0.4, 0.5) is 0 Å². The maximum absolute atomic E-state index is 12.7. The number of carbonyl (C=O) groups is 2. The first-order valence-electron chi connectivity index (χ1n) is 8.58. The van der Waals surface area contributed by atoms with Crippen molar-refractivity contribution in [2.24, 2.45) is 0 Å². The van der Waals surface area contributed by atoms with Gasteiger partial charge in [-0.3, -0.25) is 9.59 Å². The number of aliphatic hydroxyl groups is 2. The number of nitrogens with zero attached hydrogens (tertiary/aromatic N) is 1. The fraction of sp³-hybridized carbons (Fsp3) is 0.238. The lowest BCUT2D eigenvalue weighted by atomic mass is 9.95. The van der Waals surface area contributed by atoms with Gasteiger partial charge in [0.2, 0.25) is 0 Å². The molecule has 6 nitrogen and oxygen atoms in total. The molecule has 0 radical (unpaired) electrons. The zero-order chi connectivity index (χ0) is 19.6. The van der Waals surface area contributed by atoms with Crippen LogP contribution in [-0.2, 0) is 9.59 Å². The smallest absolute Gasteiger partial charge is 0.295 e. The molecule has 27 heavy (non-hydrogen) atoms. The standard InChI is InChI=1S/C21H21NO5/c1-13-3-5-14(6-4-13)18-17(20(25)21(26)22(18)11-12-23)19(24)15-7-9-16(27-2)10-8-15/h3-10,18,23-24H,11-12H2,1-2H3. The van der Waals surface area contributed by atoms with Gasteiger partial charge >= 0.3 is 0 Å². The number of Topliss-reactive ketones (excluding diaryl/α,β-unsaturated/α-hetero) is 1. The topological polar surface area (TPSA) is 87.1 Å². The number of carbonyl (C=O) groups excluding carboxylic acids is 2. The lowest BCUT2D eigenvalue weighted by Gasteiger charge is -2.24. The molecule has 0 spiro atoms. The first kappa shape index (κ1) is 18.7. The van der Waals surface area contributed by atoms with Crippen LogP contribution >= 0.6 is 0 Å². The zero-order valence-electron chi connectivity index (χ0n) is 15.2. The highest BCUT2D eigenvalue weighted by atomic mass is 16.5. The molecule has 1 aliphatic rings. The predicted molar refractivity (Wildman–Crippen MR) is 100 cm³/mol. The maximum atomic E-state index is 12.7. The average Bonchev–Trinajstić information content (AvgIpc) is 2.93. The molecule has 1 fully saturated rings. The summed E-state index contributed by atoms with van der Waals surface area (Å²) in [5.74, 6) is -1.13. The number of ketones is 1. The molecule has 1 aliphatic heterocycles. The van der Waals surface area contributed by atoms with Crippen molar-refractivity contribution in [3.05, 3.63) is 70.8 Å². The van der Waals surface area contributed by atoms with Crippen molar-refractivity contribution in [3.63, 3.8) is 0 Å².